The quantitative estimate of drug-likeness (QED) is 0.380. The minimum atomic E-state index is -0.776. The van der Waals surface area contributed by atoms with Crippen molar-refractivity contribution in [2.75, 3.05) is 49.1 Å². The molecule has 4 N–H and O–H groups in total. The van der Waals surface area contributed by atoms with Gasteiger partial charge in [-0.2, -0.15) is 0 Å². The fourth-order valence-corrected chi connectivity index (χ4v) is 6.18. The summed E-state index contributed by atoms with van der Waals surface area (Å²) >= 11 is 0. The van der Waals surface area contributed by atoms with Crippen molar-refractivity contribution in [2.24, 2.45) is 23.7 Å². The summed E-state index contributed by atoms with van der Waals surface area (Å²) in [5, 5.41) is 26.1. The first-order valence-electron chi connectivity index (χ1n) is 13.5. The van der Waals surface area contributed by atoms with Gasteiger partial charge in [-0.05, 0) is 99.1 Å². The van der Waals surface area contributed by atoms with Gasteiger partial charge in [-0.25, -0.2) is 4.79 Å². The molecule has 2 aromatic carbocycles. The third-order valence-electron chi connectivity index (χ3n) is 8.33. The summed E-state index contributed by atoms with van der Waals surface area (Å²) < 4.78 is 0. The maximum absolute atomic E-state index is 13.5. The number of carbonyl (C=O) groups excluding carboxylic acids is 1. The van der Waals surface area contributed by atoms with E-state index in [9.17, 15) is 24.6 Å². The summed E-state index contributed by atoms with van der Waals surface area (Å²) in [7, 11) is 0. The summed E-state index contributed by atoms with van der Waals surface area (Å²) in [6, 6.07) is 15.2. The second-order valence-electron chi connectivity index (χ2n) is 10.7. The first-order chi connectivity index (χ1) is 18.4. The van der Waals surface area contributed by atoms with Gasteiger partial charge < -0.3 is 20.8 Å². The summed E-state index contributed by atoms with van der Waals surface area (Å²) in [5.74, 6) is -2.24. The Hall–Kier alpha value is -3.43. The monoisotopic (exact) mass is 520 g/mol. The molecular formula is C29H36N4O5. The lowest BCUT2D eigenvalue weighted by molar-refractivity contribution is -0.144. The van der Waals surface area contributed by atoms with Crippen molar-refractivity contribution in [1.82, 2.24) is 10.6 Å². The van der Waals surface area contributed by atoms with E-state index in [1.165, 1.54) is 0 Å². The number of nitrogens with zero attached hydrogens (tertiary/aromatic N) is 2. The highest BCUT2D eigenvalue weighted by Gasteiger charge is 2.34. The molecule has 0 aromatic heterocycles. The van der Waals surface area contributed by atoms with Gasteiger partial charge in [-0.1, -0.05) is 24.3 Å². The number of hydrogen-bond donors (Lipinski definition) is 4. The van der Waals surface area contributed by atoms with Gasteiger partial charge in [-0.3, -0.25) is 19.4 Å². The number of aliphatic carboxylic acids is 2. The Morgan fingerprint density at radius 3 is 1.61 bits per heavy atom. The zero-order chi connectivity index (χ0) is 26.6. The molecule has 38 heavy (non-hydrogen) atoms. The largest absolute Gasteiger partial charge is 0.481 e. The molecule has 202 valence electrons. The number of carbonyl (C=O) groups is 3. The smallest absolute Gasteiger partial charge is 0.329 e. The minimum Gasteiger partial charge on any atom is -0.481 e. The fourth-order valence-electron chi connectivity index (χ4n) is 6.18. The van der Waals surface area contributed by atoms with E-state index in [0.717, 1.165) is 61.5 Å². The van der Waals surface area contributed by atoms with Crippen LogP contribution in [0.4, 0.5) is 16.2 Å². The van der Waals surface area contributed by atoms with Gasteiger partial charge >= 0.3 is 18.0 Å². The molecular weight excluding hydrogens is 484 g/mol. The van der Waals surface area contributed by atoms with Gasteiger partial charge in [0.1, 0.15) is 0 Å². The third-order valence-corrected chi connectivity index (χ3v) is 8.33. The number of rotatable bonds is 10. The van der Waals surface area contributed by atoms with E-state index in [1.54, 1.807) is 9.80 Å². The molecule has 2 aromatic rings. The maximum atomic E-state index is 13.5. The van der Waals surface area contributed by atoms with Crippen LogP contribution >= 0.6 is 0 Å². The maximum Gasteiger partial charge on any atom is 0.329 e. The fraction of sp³-hybridized carbons (Fsp3) is 0.483. The predicted octanol–water partition coefficient (Wildman–Crippen LogP) is 2.84. The summed E-state index contributed by atoms with van der Waals surface area (Å²) in [6.07, 6.45) is 2.59. The normalized spacial score (nSPS) is 23.1. The summed E-state index contributed by atoms with van der Waals surface area (Å²) in [5.41, 5.74) is 3.35. The molecule has 4 atom stereocenters. The van der Waals surface area contributed by atoms with Gasteiger partial charge in [0.05, 0.1) is 11.8 Å². The Morgan fingerprint density at radius 2 is 1.24 bits per heavy atom. The van der Waals surface area contributed by atoms with E-state index >= 15 is 0 Å². The van der Waals surface area contributed by atoms with Gasteiger partial charge in [0, 0.05) is 24.5 Å². The molecule has 0 spiro atoms. The Kier molecular flexibility index (Phi) is 7.95. The lowest BCUT2D eigenvalue weighted by Gasteiger charge is -2.22. The summed E-state index contributed by atoms with van der Waals surface area (Å²) in [6.45, 7) is 4.19. The molecule has 3 saturated heterocycles. The average molecular weight is 521 g/mol. The van der Waals surface area contributed by atoms with Crippen LogP contribution in [0.5, 0.6) is 0 Å². The van der Waals surface area contributed by atoms with Crippen LogP contribution in [0, 0.1) is 23.7 Å². The Balaban J connectivity index is 1.28. The topological polar surface area (TPSA) is 122 Å². The SMILES string of the molecule is O=C(O)[C@@H](Cc1cccc(N2CCN(c3cccc(C[C@H](C(=O)O)[C@H]4CCNC4)c3)C2=O)c1)[C@H]1CCNC1. The van der Waals surface area contributed by atoms with Crippen molar-refractivity contribution in [3.05, 3.63) is 59.7 Å². The van der Waals surface area contributed by atoms with E-state index < -0.39 is 23.8 Å². The second kappa shape index (κ2) is 11.5. The molecule has 3 fully saturated rings. The Labute approximate surface area is 222 Å². The number of nitrogens with one attached hydrogen (secondary N) is 2. The highest BCUT2D eigenvalue weighted by atomic mass is 16.4. The van der Waals surface area contributed by atoms with Crippen molar-refractivity contribution < 1.29 is 24.6 Å². The lowest BCUT2D eigenvalue weighted by Crippen LogP contribution is -2.32. The molecule has 3 heterocycles. The van der Waals surface area contributed by atoms with Gasteiger partial charge in [0.25, 0.3) is 0 Å². The summed E-state index contributed by atoms with van der Waals surface area (Å²) in [4.78, 5) is 40.8. The molecule has 0 radical (unpaired) electrons. The van der Waals surface area contributed by atoms with E-state index in [-0.39, 0.29) is 17.9 Å². The molecule has 3 aliphatic rings. The van der Waals surface area contributed by atoms with Crippen molar-refractivity contribution in [1.29, 1.82) is 0 Å². The first kappa shape index (κ1) is 26.2. The van der Waals surface area contributed by atoms with Crippen LogP contribution in [0.2, 0.25) is 0 Å². The van der Waals surface area contributed by atoms with E-state index in [1.807, 2.05) is 48.5 Å². The average Bonchev–Trinajstić information content (AvgIpc) is 3.69. The molecule has 0 bridgehead atoms. The zero-order valence-corrected chi connectivity index (χ0v) is 21.5. The number of carboxylic acid groups (broad SMARTS) is 2. The Morgan fingerprint density at radius 1 is 0.789 bits per heavy atom. The number of benzene rings is 2. The van der Waals surface area contributed by atoms with Crippen LogP contribution in [0.1, 0.15) is 24.0 Å². The van der Waals surface area contributed by atoms with Crippen molar-refractivity contribution >= 4 is 29.3 Å². The van der Waals surface area contributed by atoms with E-state index in [4.69, 9.17) is 0 Å². The highest BCUT2D eigenvalue weighted by molar-refractivity contribution is 6.06. The van der Waals surface area contributed by atoms with E-state index in [0.29, 0.717) is 25.9 Å². The standard InChI is InChI=1S/C29H36N4O5/c34-27(35)25(21-7-9-30-17-21)15-19-3-1-5-23(13-19)32-11-12-33(29(32)38)24-6-2-4-20(14-24)16-26(28(36)37)22-8-10-31-18-22/h1-6,13-14,21-22,25-26,30-31H,7-12,15-18H2,(H,34,35)(H,36,37)/t21-,22-,25-,26-/m0/s1. The van der Waals surface area contributed by atoms with Crippen LogP contribution < -0.4 is 20.4 Å². The van der Waals surface area contributed by atoms with Crippen molar-refractivity contribution in [3.63, 3.8) is 0 Å². The van der Waals surface area contributed by atoms with Gasteiger partial charge in [0.15, 0.2) is 0 Å². The predicted molar refractivity (Wildman–Crippen MR) is 145 cm³/mol. The van der Waals surface area contributed by atoms with E-state index in [2.05, 4.69) is 10.6 Å². The van der Waals surface area contributed by atoms with Crippen LogP contribution in [-0.2, 0) is 22.4 Å². The minimum absolute atomic E-state index is 0.109. The highest BCUT2D eigenvalue weighted by Crippen LogP contribution is 2.30. The van der Waals surface area contributed by atoms with Crippen molar-refractivity contribution in [3.8, 4) is 0 Å². The molecule has 0 aliphatic carbocycles. The number of amides is 2. The molecule has 0 saturated carbocycles. The number of urea groups is 1. The molecule has 9 heteroatoms. The number of anilines is 2. The van der Waals surface area contributed by atoms with Crippen LogP contribution in [-0.4, -0.2) is 67.5 Å². The van der Waals surface area contributed by atoms with Crippen LogP contribution in [0.25, 0.3) is 0 Å². The third kappa shape index (κ3) is 5.68. The molecule has 0 unspecified atom stereocenters. The van der Waals surface area contributed by atoms with Gasteiger partial charge in [-0.15, -0.1) is 0 Å². The molecule has 2 amide bonds. The Bertz CT molecular complexity index is 1090. The zero-order valence-electron chi connectivity index (χ0n) is 21.5. The lowest BCUT2D eigenvalue weighted by atomic mass is 9.86. The van der Waals surface area contributed by atoms with Crippen LogP contribution in [0.3, 0.4) is 0 Å². The molecule has 5 rings (SSSR count). The number of hydrogen-bond acceptors (Lipinski definition) is 5. The van der Waals surface area contributed by atoms with Gasteiger partial charge in [0.2, 0.25) is 0 Å². The first-order valence-corrected chi connectivity index (χ1v) is 13.5. The second-order valence-corrected chi connectivity index (χ2v) is 10.7. The molecule has 9 nitrogen and oxygen atoms in total. The van der Waals surface area contributed by atoms with Crippen LogP contribution in [0.15, 0.2) is 48.5 Å². The van der Waals surface area contributed by atoms with Crippen molar-refractivity contribution in [2.45, 2.75) is 25.7 Å². The number of carboxylic acids is 2. The molecule has 3 aliphatic heterocycles.